The molecule has 37 heavy (non-hydrogen) atoms. The molecule has 188 valence electrons. The molecule has 1 saturated heterocycles. The van der Waals surface area contributed by atoms with Crippen LogP contribution in [0.15, 0.2) is 53.9 Å². The third-order valence-corrected chi connectivity index (χ3v) is 7.10. The Kier molecular flexibility index (Phi) is 5.76. The molecule has 2 aromatic heterocycles. The largest absolute Gasteiger partial charge is 0.497 e. The normalized spacial score (nSPS) is 16.3. The lowest BCUT2D eigenvalue weighted by atomic mass is 10.1. The number of rotatable bonds is 6. The Morgan fingerprint density at radius 1 is 1.16 bits per heavy atom. The van der Waals surface area contributed by atoms with Crippen molar-refractivity contribution in [2.45, 2.75) is 13.3 Å². The zero-order valence-electron chi connectivity index (χ0n) is 20.1. The summed E-state index contributed by atoms with van der Waals surface area (Å²) in [5.41, 5.74) is 3.09. The Bertz CT molecular complexity index is 1510. The summed E-state index contributed by atoms with van der Waals surface area (Å²) < 4.78 is 17.7. The van der Waals surface area contributed by atoms with Gasteiger partial charge in [0.05, 0.1) is 24.4 Å². The molecular weight excluding hydrogens is 494 g/mol. The molecule has 4 heterocycles. The number of hydrogen-bond acceptors (Lipinski definition) is 8. The Hall–Kier alpha value is -4.38. The van der Waals surface area contributed by atoms with E-state index in [1.807, 2.05) is 48.7 Å². The number of amides is 2. The lowest BCUT2D eigenvalue weighted by Crippen LogP contribution is -2.28. The maximum absolute atomic E-state index is 13.2. The highest BCUT2D eigenvalue weighted by Crippen LogP contribution is 2.37. The molecule has 1 fully saturated rings. The minimum Gasteiger partial charge on any atom is -0.497 e. The second-order valence-electron chi connectivity index (χ2n) is 8.76. The zero-order chi connectivity index (χ0) is 25.5. The summed E-state index contributed by atoms with van der Waals surface area (Å²) >= 11 is 1.41. The van der Waals surface area contributed by atoms with Crippen molar-refractivity contribution in [2.75, 3.05) is 30.7 Å². The van der Waals surface area contributed by atoms with Crippen LogP contribution in [0.1, 0.15) is 12.1 Å². The van der Waals surface area contributed by atoms with Crippen LogP contribution >= 0.6 is 11.3 Å². The number of fused-ring (bicyclic) bond motifs is 1. The van der Waals surface area contributed by atoms with Gasteiger partial charge < -0.3 is 24.4 Å². The number of thiazole rings is 1. The highest BCUT2D eigenvalue weighted by atomic mass is 32.1. The number of ether oxygens (including phenoxy) is 3. The number of aromatic nitrogens is 3. The van der Waals surface area contributed by atoms with Gasteiger partial charge in [-0.15, -0.1) is 11.3 Å². The summed E-state index contributed by atoms with van der Waals surface area (Å²) in [7, 11) is 1.58. The van der Waals surface area contributed by atoms with E-state index in [1.165, 1.54) is 11.3 Å². The second kappa shape index (κ2) is 9.25. The van der Waals surface area contributed by atoms with Crippen LogP contribution in [-0.2, 0) is 9.59 Å². The fourth-order valence-electron chi connectivity index (χ4n) is 4.42. The molecule has 0 radical (unpaired) electrons. The molecule has 1 atom stereocenters. The minimum absolute atomic E-state index is 0.105. The molecule has 2 aliphatic rings. The first-order valence-corrected chi connectivity index (χ1v) is 12.5. The van der Waals surface area contributed by atoms with Crippen LogP contribution in [-0.4, -0.2) is 47.0 Å². The van der Waals surface area contributed by atoms with E-state index in [0.717, 1.165) is 17.0 Å². The Balaban J connectivity index is 1.20. The molecule has 1 unspecified atom stereocenters. The summed E-state index contributed by atoms with van der Waals surface area (Å²) in [5, 5.41) is 10.0. The molecule has 4 aromatic rings. The molecule has 0 bridgehead atoms. The minimum atomic E-state index is -0.497. The third-order valence-electron chi connectivity index (χ3n) is 6.29. The van der Waals surface area contributed by atoms with Crippen molar-refractivity contribution >= 4 is 34.7 Å². The van der Waals surface area contributed by atoms with Crippen molar-refractivity contribution in [2.24, 2.45) is 5.92 Å². The van der Waals surface area contributed by atoms with Gasteiger partial charge in [0.2, 0.25) is 23.7 Å². The Morgan fingerprint density at radius 2 is 2.03 bits per heavy atom. The molecular formula is C26H23N5O5S. The number of aryl methyl sites for hydroxylation is 1. The van der Waals surface area contributed by atoms with E-state index in [4.69, 9.17) is 19.2 Å². The van der Waals surface area contributed by atoms with Gasteiger partial charge >= 0.3 is 0 Å². The van der Waals surface area contributed by atoms with Crippen LogP contribution in [0.5, 0.6) is 17.2 Å². The van der Waals surface area contributed by atoms with E-state index in [0.29, 0.717) is 33.9 Å². The van der Waals surface area contributed by atoms with Crippen LogP contribution in [0.3, 0.4) is 0 Å². The van der Waals surface area contributed by atoms with Crippen LogP contribution in [0.4, 0.5) is 11.5 Å². The number of hydrogen-bond donors (Lipinski definition) is 1. The van der Waals surface area contributed by atoms with Gasteiger partial charge in [0, 0.05) is 41.7 Å². The van der Waals surface area contributed by atoms with Crippen LogP contribution in [0.2, 0.25) is 0 Å². The lowest BCUT2D eigenvalue weighted by molar-refractivity contribution is -0.122. The fraction of sp³-hybridized carbons (Fsp3) is 0.231. The summed E-state index contributed by atoms with van der Waals surface area (Å²) in [5.74, 6) is 1.70. The van der Waals surface area contributed by atoms with Crippen LogP contribution in [0.25, 0.3) is 16.4 Å². The van der Waals surface area contributed by atoms with Crippen molar-refractivity contribution in [3.8, 4) is 33.6 Å². The molecule has 0 saturated carbocycles. The second-order valence-corrected chi connectivity index (χ2v) is 9.60. The molecule has 2 aromatic carbocycles. The van der Waals surface area contributed by atoms with E-state index in [2.05, 4.69) is 10.4 Å². The monoisotopic (exact) mass is 517 g/mol. The molecule has 0 spiro atoms. The summed E-state index contributed by atoms with van der Waals surface area (Å²) in [6, 6.07) is 14.7. The maximum atomic E-state index is 13.2. The van der Waals surface area contributed by atoms with Crippen molar-refractivity contribution in [3.63, 3.8) is 0 Å². The van der Waals surface area contributed by atoms with Gasteiger partial charge in [-0.05, 0) is 37.3 Å². The standard InChI is InChI=1S/C26H23N5O5S/c1-15-8-23(28-25(33)17-10-24(32)30(12-17)18-4-3-5-19(11-18)34-2)31(29-15)26-27-20(13-37-26)16-6-7-21-22(9-16)36-14-35-21/h3-9,11,13,17H,10,12,14H2,1-2H3,(H,28,33). The molecule has 11 heteroatoms. The number of nitrogens with zero attached hydrogens (tertiary/aromatic N) is 4. The van der Waals surface area contributed by atoms with Crippen molar-refractivity contribution in [3.05, 3.63) is 59.6 Å². The zero-order valence-corrected chi connectivity index (χ0v) is 20.9. The predicted octanol–water partition coefficient (Wildman–Crippen LogP) is 4.03. The topological polar surface area (TPSA) is 108 Å². The Morgan fingerprint density at radius 3 is 2.89 bits per heavy atom. The average Bonchev–Trinajstić information content (AvgIpc) is 3.70. The quantitative estimate of drug-likeness (QED) is 0.411. The van der Waals surface area contributed by atoms with Gasteiger partial charge in [0.15, 0.2) is 11.5 Å². The molecule has 6 rings (SSSR count). The van der Waals surface area contributed by atoms with E-state index >= 15 is 0 Å². The summed E-state index contributed by atoms with van der Waals surface area (Å²) in [6.07, 6.45) is 0.127. The number of carbonyl (C=O) groups excluding carboxylic acids is 2. The van der Waals surface area contributed by atoms with Gasteiger partial charge in [-0.2, -0.15) is 9.78 Å². The number of methoxy groups -OCH3 is 1. The molecule has 10 nitrogen and oxygen atoms in total. The Labute approximate surface area is 216 Å². The summed E-state index contributed by atoms with van der Waals surface area (Å²) in [6.45, 7) is 2.35. The van der Waals surface area contributed by atoms with E-state index < -0.39 is 5.92 Å². The van der Waals surface area contributed by atoms with Gasteiger partial charge in [0.1, 0.15) is 11.6 Å². The van der Waals surface area contributed by atoms with E-state index in [1.54, 1.807) is 28.8 Å². The van der Waals surface area contributed by atoms with E-state index in [-0.39, 0.29) is 31.6 Å². The smallest absolute Gasteiger partial charge is 0.231 e. The maximum Gasteiger partial charge on any atom is 0.231 e. The first-order chi connectivity index (χ1) is 18.0. The lowest BCUT2D eigenvalue weighted by Gasteiger charge is -2.17. The molecule has 0 aliphatic carbocycles. The van der Waals surface area contributed by atoms with E-state index in [9.17, 15) is 9.59 Å². The number of nitrogens with one attached hydrogen (secondary N) is 1. The third kappa shape index (κ3) is 4.38. The predicted molar refractivity (Wildman–Crippen MR) is 138 cm³/mol. The number of benzene rings is 2. The highest BCUT2D eigenvalue weighted by Gasteiger charge is 2.35. The van der Waals surface area contributed by atoms with Crippen LogP contribution in [0, 0.1) is 12.8 Å². The average molecular weight is 518 g/mol. The molecule has 2 amide bonds. The van der Waals surface area contributed by atoms with Crippen LogP contribution < -0.4 is 24.4 Å². The van der Waals surface area contributed by atoms with Gasteiger partial charge in [0.25, 0.3) is 0 Å². The summed E-state index contributed by atoms with van der Waals surface area (Å²) in [4.78, 5) is 32.2. The number of carbonyl (C=O) groups is 2. The van der Waals surface area contributed by atoms with Crippen molar-refractivity contribution < 1.29 is 23.8 Å². The van der Waals surface area contributed by atoms with Crippen molar-refractivity contribution in [1.82, 2.24) is 14.8 Å². The van der Waals surface area contributed by atoms with Crippen molar-refractivity contribution in [1.29, 1.82) is 0 Å². The fourth-order valence-corrected chi connectivity index (χ4v) is 5.22. The molecule has 2 aliphatic heterocycles. The van der Waals surface area contributed by atoms with Gasteiger partial charge in [-0.25, -0.2) is 4.98 Å². The molecule has 1 N–H and O–H groups in total. The first-order valence-electron chi connectivity index (χ1n) is 11.7. The van der Waals surface area contributed by atoms with Gasteiger partial charge in [-0.1, -0.05) is 6.07 Å². The highest BCUT2D eigenvalue weighted by molar-refractivity contribution is 7.12. The van der Waals surface area contributed by atoms with Gasteiger partial charge in [-0.3, -0.25) is 9.59 Å². The first kappa shape index (κ1) is 23.0. The number of anilines is 2. The SMILES string of the molecule is COc1cccc(N2CC(C(=O)Nc3cc(C)nn3-c3nc(-c4ccc5c(c4)OCO5)cs3)CC2=O)c1.